The van der Waals surface area contributed by atoms with Gasteiger partial charge < -0.3 is 10.5 Å². The third-order valence-electron chi connectivity index (χ3n) is 1.20. The van der Waals surface area contributed by atoms with E-state index in [4.69, 9.17) is 11.0 Å². The number of hydrogen-bond donors (Lipinski definition) is 2. The van der Waals surface area contributed by atoms with Crippen molar-refractivity contribution in [2.45, 2.75) is 6.92 Å². The SMILES string of the molecule is CCOC(=O)CSC(S)=C(C#N)C(N)=O. The van der Waals surface area contributed by atoms with Crippen LogP contribution in [0.1, 0.15) is 6.92 Å². The maximum atomic E-state index is 10.9. The van der Waals surface area contributed by atoms with Gasteiger partial charge in [-0.2, -0.15) is 5.26 Å². The average molecular weight is 246 g/mol. The molecule has 0 saturated heterocycles. The molecule has 0 spiro atoms. The molecule has 0 rings (SSSR count). The second-order valence-corrected chi connectivity index (χ2v) is 3.99. The number of primary amides is 1. The van der Waals surface area contributed by atoms with Gasteiger partial charge in [0.05, 0.1) is 16.6 Å². The van der Waals surface area contributed by atoms with Gasteiger partial charge >= 0.3 is 5.97 Å². The van der Waals surface area contributed by atoms with Crippen LogP contribution in [0.3, 0.4) is 0 Å². The first-order valence-electron chi connectivity index (χ1n) is 3.94. The summed E-state index contributed by atoms with van der Waals surface area (Å²) in [5, 5.41) is 8.55. The summed E-state index contributed by atoms with van der Waals surface area (Å²) in [6.07, 6.45) is 0. The van der Waals surface area contributed by atoms with Crippen LogP contribution in [0, 0.1) is 11.3 Å². The number of carbonyl (C=O) groups excluding carboxylic acids is 2. The van der Waals surface area contributed by atoms with Crippen molar-refractivity contribution in [1.29, 1.82) is 5.26 Å². The van der Waals surface area contributed by atoms with Gasteiger partial charge in [-0.1, -0.05) is 0 Å². The molecular formula is C8H10N2O3S2. The second-order valence-electron chi connectivity index (χ2n) is 2.25. The van der Waals surface area contributed by atoms with Crippen LogP contribution in [0.2, 0.25) is 0 Å². The summed E-state index contributed by atoms with van der Waals surface area (Å²) in [6, 6.07) is 1.61. The molecule has 5 nitrogen and oxygen atoms in total. The summed E-state index contributed by atoms with van der Waals surface area (Å²) < 4.78 is 4.77. The monoisotopic (exact) mass is 246 g/mol. The summed E-state index contributed by atoms with van der Waals surface area (Å²) in [5.74, 6) is -1.31. The van der Waals surface area contributed by atoms with Crippen molar-refractivity contribution >= 4 is 36.3 Å². The molecule has 0 aliphatic rings. The number of nitrogens with zero attached hydrogens (tertiary/aromatic N) is 1. The average Bonchev–Trinajstić information content (AvgIpc) is 2.15. The molecule has 0 unspecified atom stereocenters. The summed E-state index contributed by atoms with van der Waals surface area (Å²) in [5.41, 5.74) is 4.66. The number of amides is 1. The van der Waals surface area contributed by atoms with Crippen molar-refractivity contribution in [2.75, 3.05) is 12.4 Å². The highest BCUT2D eigenvalue weighted by atomic mass is 32.2. The van der Waals surface area contributed by atoms with Gasteiger partial charge in [-0.25, -0.2) is 0 Å². The lowest BCUT2D eigenvalue weighted by molar-refractivity contribution is -0.139. The zero-order valence-corrected chi connectivity index (χ0v) is 9.73. The summed E-state index contributed by atoms with van der Waals surface area (Å²) in [7, 11) is 0. The Morgan fingerprint density at radius 3 is 2.60 bits per heavy atom. The topological polar surface area (TPSA) is 93.2 Å². The molecule has 15 heavy (non-hydrogen) atoms. The standard InChI is InChI=1S/C8H10N2O3S2/c1-2-13-6(11)4-15-8(14)5(3-9)7(10)12/h14H,2,4H2,1H3,(H2,10,12). The molecule has 82 valence electrons. The minimum absolute atomic E-state index is 0.00880. The Kier molecular flexibility index (Phi) is 6.66. The molecule has 0 fully saturated rings. The molecule has 0 aliphatic carbocycles. The quantitative estimate of drug-likeness (QED) is 0.317. The Hall–Kier alpha value is -1.13. The minimum Gasteiger partial charge on any atom is -0.465 e. The first-order valence-corrected chi connectivity index (χ1v) is 5.37. The van der Waals surface area contributed by atoms with E-state index in [0.717, 1.165) is 11.8 Å². The Labute approximate surface area is 97.1 Å². The first-order chi connectivity index (χ1) is 7.02. The lowest BCUT2D eigenvalue weighted by atomic mass is 10.3. The third kappa shape index (κ3) is 5.34. The van der Waals surface area contributed by atoms with Crippen LogP contribution < -0.4 is 5.73 Å². The number of esters is 1. The summed E-state index contributed by atoms with van der Waals surface area (Å²) >= 11 is 4.83. The van der Waals surface area contributed by atoms with Crippen molar-refractivity contribution in [1.82, 2.24) is 0 Å². The molecule has 0 heterocycles. The molecule has 0 aromatic rings. The van der Waals surface area contributed by atoms with Gasteiger partial charge in [0.1, 0.15) is 11.6 Å². The fourth-order valence-corrected chi connectivity index (χ4v) is 1.59. The number of hydrogen-bond acceptors (Lipinski definition) is 6. The van der Waals surface area contributed by atoms with Crippen LogP contribution in [-0.4, -0.2) is 24.2 Å². The molecule has 2 N–H and O–H groups in total. The van der Waals surface area contributed by atoms with Gasteiger partial charge in [-0.05, 0) is 6.92 Å². The lowest BCUT2D eigenvalue weighted by Crippen LogP contribution is -2.14. The van der Waals surface area contributed by atoms with E-state index in [0.29, 0.717) is 0 Å². The highest BCUT2D eigenvalue weighted by Crippen LogP contribution is 2.23. The Bertz CT molecular complexity index is 333. The molecule has 0 saturated carbocycles. The fourth-order valence-electron chi connectivity index (χ4n) is 0.610. The minimum atomic E-state index is -0.862. The lowest BCUT2D eigenvalue weighted by Gasteiger charge is -2.02. The zero-order chi connectivity index (χ0) is 11.8. The van der Waals surface area contributed by atoms with E-state index in [1.165, 1.54) is 0 Å². The van der Waals surface area contributed by atoms with Crippen LogP contribution in [0.5, 0.6) is 0 Å². The van der Waals surface area contributed by atoms with Crippen molar-refractivity contribution in [3.63, 3.8) is 0 Å². The van der Waals surface area contributed by atoms with Gasteiger partial charge in [0.15, 0.2) is 0 Å². The Morgan fingerprint density at radius 2 is 2.20 bits per heavy atom. The number of nitrogens with two attached hydrogens (primary N) is 1. The number of thioether (sulfide) groups is 1. The van der Waals surface area contributed by atoms with Crippen molar-refractivity contribution < 1.29 is 14.3 Å². The molecular weight excluding hydrogens is 236 g/mol. The van der Waals surface area contributed by atoms with Crippen LogP contribution >= 0.6 is 24.4 Å². The van der Waals surface area contributed by atoms with Crippen LogP contribution in [0.4, 0.5) is 0 Å². The highest BCUT2D eigenvalue weighted by Gasteiger charge is 2.11. The highest BCUT2D eigenvalue weighted by molar-refractivity contribution is 8.16. The van der Waals surface area contributed by atoms with Gasteiger partial charge in [0.25, 0.3) is 5.91 Å². The molecule has 0 radical (unpaired) electrons. The third-order valence-corrected chi connectivity index (χ3v) is 2.67. The van der Waals surface area contributed by atoms with Gasteiger partial charge in [0.2, 0.25) is 0 Å². The van der Waals surface area contributed by atoms with Gasteiger partial charge in [0, 0.05) is 0 Å². The molecule has 0 aromatic carbocycles. The Morgan fingerprint density at radius 1 is 1.60 bits per heavy atom. The number of carbonyl (C=O) groups is 2. The van der Waals surface area contributed by atoms with E-state index in [1.54, 1.807) is 13.0 Å². The van der Waals surface area contributed by atoms with Gasteiger partial charge in [-0.3, -0.25) is 9.59 Å². The predicted octanol–water partition coefficient (Wildman–Crippen LogP) is 0.433. The molecule has 0 bridgehead atoms. The van der Waals surface area contributed by atoms with E-state index in [-0.39, 0.29) is 22.2 Å². The normalized spacial score (nSPS) is 11.3. The maximum absolute atomic E-state index is 10.9. The van der Waals surface area contributed by atoms with Crippen molar-refractivity contribution in [2.24, 2.45) is 5.73 Å². The van der Waals surface area contributed by atoms with Crippen molar-refractivity contribution in [3.05, 3.63) is 9.81 Å². The molecule has 0 atom stereocenters. The van der Waals surface area contributed by atoms with Crippen LogP contribution in [0.25, 0.3) is 0 Å². The number of thiol groups is 1. The molecule has 1 amide bonds. The molecule has 7 heteroatoms. The summed E-state index contributed by atoms with van der Waals surface area (Å²) in [6.45, 7) is 1.97. The largest absolute Gasteiger partial charge is 0.465 e. The predicted molar refractivity (Wildman–Crippen MR) is 59.9 cm³/mol. The fraction of sp³-hybridized carbons (Fsp3) is 0.375. The molecule has 0 aliphatic heterocycles. The number of nitriles is 1. The van der Waals surface area contributed by atoms with Crippen LogP contribution in [-0.2, 0) is 14.3 Å². The maximum Gasteiger partial charge on any atom is 0.316 e. The van der Waals surface area contributed by atoms with E-state index in [2.05, 4.69) is 17.4 Å². The smallest absolute Gasteiger partial charge is 0.316 e. The number of rotatable bonds is 5. The zero-order valence-electron chi connectivity index (χ0n) is 8.02. The van der Waals surface area contributed by atoms with Crippen molar-refractivity contribution in [3.8, 4) is 6.07 Å². The van der Waals surface area contributed by atoms with Crippen LogP contribution in [0.15, 0.2) is 9.81 Å². The first kappa shape index (κ1) is 13.9. The van der Waals surface area contributed by atoms with Gasteiger partial charge in [-0.15, -0.1) is 24.4 Å². The molecule has 0 aromatic heterocycles. The Balaban J connectivity index is 4.35. The van der Waals surface area contributed by atoms with E-state index in [1.807, 2.05) is 0 Å². The second kappa shape index (κ2) is 7.20. The van der Waals surface area contributed by atoms with E-state index in [9.17, 15) is 9.59 Å². The summed E-state index contributed by atoms with van der Waals surface area (Å²) in [4.78, 5) is 21.6. The number of ether oxygens (including phenoxy) is 1. The van der Waals surface area contributed by atoms with E-state index >= 15 is 0 Å². The van der Waals surface area contributed by atoms with E-state index < -0.39 is 11.9 Å².